The van der Waals surface area contributed by atoms with Crippen LogP contribution in [0.25, 0.3) is 0 Å². The Hall–Kier alpha value is -1.66. The minimum Gasteiger partial charge on any atom is -0.508 e. The Balaban J connectivity index is 1.84. The van der Waals surface area contributed by atoms with Crippen LogP contribution in [0.15, 0.2) is 29.4 Å². The average molecular weight is 307 g/mol. The lowest BCUT2D eigenvalue weighted by Crippen LogP contribution is -2.37. The van der Waals surface area contributed by atoms with Crippen LogP contribution >= 0.6 is 12.2 Å². The summed E-state index contributed by atoms with van der Waals surface area (Å²) in [5.41, 5.74) is 4.71. The Morgan fingerprint density at radius 1 is 1.43 bits per heavy atom. The molecule has 114 valence electrons. The van der Waals surface area contributed by atoms with Crippen molar-refractivity contribution in [2.45, 2.75) is 32.3 Å². The van der Waals surface area contributed by atoms with Gasteiger partial charge in [-0.1, -0.05) is 6.92 Å². The monoisotopic (exact) mass is 307 g/mol. The molecule has 1 atom stereocenters. The van der Waals surface area contributed by atoms with Gasteiger partial charge in [0.15, 0.2) is 5.11 Å². The summed E-state index contributed by atoms with van der Waals surface area (Å²) in [6.45, 7) is 3.57. The summed E-state index contributed by atoms with van der Waals surface area (Å²) in [4.78, 5) is 0. The summed E-state index contributed by atoms with van der Waals surface area (Å²) < 4.78 is 5.52. The second-order valence-corrected chi connectivity index (χ2v) is 5.32. The highest BCUT2D eigenvalue weighted by Crippen LogP contribution is 2.12. The van der Waals surface area contributed by atoms with Crippen LogP contribution < -0.4 is 10.7 Å². The molecule has 1 aromatic rings. The number of hydrazone groups is 1. The van der Waals surface area contributed by atoms with Crippen molar-refractivity contribution in [1.82, 2.24) is 10.7 Å². The van der Waals surface area contributed by atoms with Gasteiger partial charge in [-0.15, -0.1) is 0 Å². The maximum atomic E-state index is 9.30. The highest BCUT2D eigenvalue weighted by molar-refractivity contribution is 7.80. The van der Waals surface area contributed by atoms with E-state index in [2.05, 4.69) is 15.8 Å². The smallest absolute Gasteiger partial charge is 0.187 e. The third-order valence-electron chi connectivity index (χ3n) is 3.34. The Bertz CT molecular complexity index is 496. The van der Waals surface area contributed by atoms with Crippen molar-refractivity contribution in [2.75, 3.05) is 13.2 Å². The Morgan fingerprint density at radius 3 is 2.81 bits per heavy atom. The van der Waals surface area contributed by atoms with Crippen molar-refractivity contribution in [2.24, 2.45) is 5.10 Å². The van der Waals surface area contributed by atoms with Crippen LogP contribution in [-0.2, 0) is 4.74 Å². The van der Waals surface area contributed by atoms with Crippen LogP contribution in [0.5, 0.6) is 5.75 Å². The number of phenols is 1. The maximum Gasteiger partial charge on any atom is 0.187 e. The van der Waals surface area contributed by atoms with Crippen LogP contribution in [0.1, 0.15) is 31.7 Å². The van der Waals surface area contributed by atoms with Crippen molar-refractivity contribution in [3.05, 3.63) is 29.8 Å². The summed E-state index contributed by atoms with van der Waals surface area (Å²) >= 11 is 5.20. The fraction of sp³-hybridized carbons (Fsp3) is 0.467. The maximum absolute atomic E-state index is 9.30. The molecule has 0 saturated carbocycles. The van der Waals surface area contributed by atoms with Gasteiger partial charge in [-0.3, -0.25) is 5.43 Å². The molecule has 0 amide bonds. The van der Waals surface area contributed by atoms with Crippen molar-refractivity contribution in [3.8, 4) is 5.75 Å². The molecule has 0 aromatic heterocycles. The molecule has 0 radical (unpaired) electrons. The van der Waals surface area contributed by atoms with E-state index in [1.54, 1.807) is 12.1 Å². The van der Waals surface area contributed by atoms with Crippen LogP contribution in [0.2, 0.25) is 0 Å². The van der Waals surface area contributed by atoms with E-state index in [0.717, 1.165) is 37.1 Å². The Morgan fingerprint density at radius 2 is 2.19 bits per heavy atom. The summed E-state index contributed by atoms with van der Waals surface area (Å²) in [7, 11) is 0. The molecule has 21 heavy (non-hydrogen) atoms. The predicted octanol–water partition coefficient (Wildman–Crippen LogP) is 2.15. The highest BCUT2D eigenvalue weighted by atomic mass is 32.1. The molecule has 3 N–H and O–H groups in total. The molecular formula is C15H21N3O2S. The van der Waals surface area contributed by atoms with E-state index >= 15 is 0 Å². The molecule has 0 unspecified atom stereocenters. The van der Waals surface area contributed by atoms with Crippen molar-refractivity contribution < 1.29 is 9.84 Å². The van der Waals surface area contributed by atoms with E-state index < -0.39 is 0 Å². The van der Waals surface area contributed by atoms with E-state index in [0.29, 0.717) is 11.7 Å². The number of nitrogens with zero attached hydrogens (tertiary/aromatic N) is 1. The van der Waals surface area contributed by atoms with Gasteiger partial charge in [-0.05, 0) is 61.3 Å². The molecule has 5 nitrogen and oxygen atoms in total. The third-order valence-corrected chi connectivity index (χ3v) is 3.58. The number of ether oxygens (including phenoxy) is 1. The van der Waals surface area contributed by atoms with Crippen molar-refractivity contribution in [3.63, 3.8) is 0 Å². The molecule has 1 saturated heterocycles. The largest absolute Gasteiger partial charge is 0.508 e. The Kier molecular flexibility index (Phi) is 5.95. The number of nitrogens with one attached hydrogen (secondary N) is 2. The van der Waals surface area contributed by atoms with Gasteiger partial charge in [0.1, 0.15) is 5.75 Å². The molecule has 1 aliphatic heterocycles. The summed E-state index contributed by atoms with van der Waals surface area (Å²) in [5.74, 6) is 0.246. The minimum atomic E-state index is 0.246. The molecule has 0 bridgehead atoms. The van der Waals surface area contributed by atoms with Crippen molar-refractivity contribution >= 4 is 23.0 Å². The lowest BCUT2D eigenvalue weighted by atomic mass is 10.1. The zero-order valence-corrected chi connectivity index (χ0v) is 12.9. The minimum absolute atomic E-state index is 0.246. The zero-order valence-electron chi connectivity index (χ0n) is 12.1. The van der Waals surface area contributed by atoms with E-state index in [9.17, 15) is 5.11 Å². The quantitative estimate of drug-likeness (QED) is 0.442. The number of aromatic hydroxyl groups is 1. The number of benzene rings is 1. The molecule has 1 fully saturated rings. The molecule has 1 aromatic carbocycles. The first-order chi connectivity index (χ1) is 10.2. The normalized spacial score (nSPS) is 18.5. The molecule has 1 aliphatic rings. The van der Waals surface area contributed by atoms with Gasteiger partial charge in [0.05, 0.1) is 11.8 Å². The first kappa shape index (κ1) is 15.7. The number of hydrogen-bond acceptors (Lipinski definition) is 4. The van der Waals surface area contributed by atoms with E-state index in [1.165, 1.54) is 0 Å². The van der Waals surface area contributed by atoms with Crippen LogP contribution in [-0.4, -0.2) is 35.2 Å². The molecule has 0 spiro atoms. The zero-order chi connectivity index (χ0) is 15.1. The van der Waals surface area contributed by atoms with Gasteiger partial charge in [-0.25, -0.2) is 0 Å². The van der Waals surface area contributed by atoms with Gasteiger partial charge < -0.3 is 15.2 Å². The SMILES string of the molecule is CC/C(=N\NC(=S)NC[C@@H]1CCCO1)c1ccc(O)cc1. The van der Waals surface area contributed by atoms with E-state index in [1.807, 2.05) is 19.1 Å². The number of thiocarbonyl (C=S) groups is 1. The average Bonchev–Trinajstić information content (AvgIpc) is 3.01. The first-order valence-corrected chi connectivity index (χ1v) is 7.61. The third kappa shape index (κ3) is 4.99. The lowest BCUT2D eigenvalue weighted by Gasteiger charge is -2.12. The fourth-order valence-corrected chi connectivity index (χ4v) is 2.30. The predicted molar refractivity (Wildman–Crippen MR) is 87.6 cm³/mol. The number of hydrogen-bond donors (Lipinski definition) is 3. The van der Waals surface area contributed by atoms with Crippen molar-refractivity contribution in [1.29, 1.82) is 0 Å². The molecule has 6 heteroatoms. The Labute approximate surface area is 130 Å². The highest BCUT2D eigenvalue weighted by Gasteiger charge is 2.15. The fourth-order valence-electron chi connectivity index (χ4n) is 2.17. The molecule has 0 aliphatic carbocycles. The number of phenolic OH excluding ortho intramolecular Hbond substituents is 1. The molecule has 1 heterocycles. The molecular weight excluding hydrogens is 286 g/mol. The topological polar surface area (TPSA) is 65.9 Å². The standard InChI is InChI=1S/C15H21N3O2S/c1-2-14(11-5-7-12(19)8-6-11)17-18-15(21)16-10-13-4-3-9-20-13/h5-8,13,19H,2-4,9-10H2,1H3,(H2,16,18,21)/b17-14+/t13-/m0/s1. The second kappa shape index (κ2) is 7.95. The summed E-state index contributed by atoms with van der Waals surface area (Å²) in [6.07, 6.45) is 3.21. The van der Waals surface area contributed by atoms with Gasteiger partial charge in [-0.2, -0.15) is 5.10 Å². The van der Waals surface area contributed by atoms with E-state index in [4.69, 9.17) is 17.0 Å². The second-order valence-electron chi connectivity index (χ2n) is 4.92. The van der Waals surface area contributed by atoms with Gasteiger partial charge in [0.2, 0.25) is 0 Å². The van der Waals surface area contributed by atoms with Gasteiger partial charge in [0.25, 0.3) is 0 Å². The van der Waals surface area contributed by atoms with Crippen LogP contribution in [0.4, 0.5) is 0 Å². The summed E-state index contributed by atoms with van der Waals surface area (Å²) in [5, 5.41) is 17.2. The van der Waals surface area contributed by atoms with Gasteiger partial charge in [0, 0.05) is 13.2 Å². The van der Waals surface area contributed by atoms with Crippen LogP contribution in [0.3, 0.4) is 0 Å². The van der Waals surface area contributed by atoms with Crippen LogP contribution in [0, 0.1) is 0 Å². The summed E-state index contributed by atoms with van der Waals surface area (Å²) in [6, 6.07) is 6.97. The molecule has 2 rings (SSSR count). The first-order valence-electron chi connectivity index (χ1n) is 7.20. The van der Waals surface area contributed by atoms with Gasteiger partial charge >= 0.3 is 0 Å². The lowest BCUT2D eigenvalue weighted by molar-refractivity contribution is 0.114. The number of rotatable bonds is 5. The van der Waals surface area contributed by atoms with E-state index in [-0.39, 0.29) is 11.9 Å².